The summed E-state index contributed by atoms with van der Waals surface area (Å²) in [6, 6.07) is 5.20. The van der Waals surface area contributed by atoms with Crippen molar-refractivity contribution in [3.63, 3.8) is 0 Å². The summed E-state index contributed by atoms with van der Waals surface area (Å²) in [5, 5.41) is 6.16. The summed E-state index contributed by atoms with van der Waals surface area (Å²) in [5.74, 6) is -0.182. The highest BCUT2D eigenvalue weighted by molar-refractivity contribution is 6.38. The molecule has 1 aromatic rings. The minimum absolute atomic E-state index is 0.0353. The molecule has 2 aliphatic rings. The molecule has 0 bridgehead atoms. The van der Waals surface area contributed by atoms with Crippen molar-refractivity contribution in [3.05, 3.63) is 29.3 Å². The maximum atomic E-state index is 12.2. The van der Waals surface area contributed by atoms with Crippen molar-refractivity contribution in [1.82, 2.24) is 10.6 Å². The van der Waals surface area contributed by atoms with Crippen LogP contribution in [0.1, 0.15) is 28.8 Å². The monoisotopic (exact) mass is 287 g/mol. The number of hydrogen-bond acceptors (Lipinski definition) is 5. The Morgan fingerprint density at radius 2 is 2.33 bits per heavy atom. The molecule has 0 radical (unpaired) electrons. The summed E-state index contributed by atoms with van der Waals surface area (Å²) in [5.41, 5.74) is 1.98. The van der Waals surface area contributed by atoms with E-state index in [2.05, 4.69) is 15.6 Å². The summed E-state index contributed by atoms with van der Waals surface area (Å²) in [6.45, 7) is 0.929. The maximum Gasteiger partial charge on any atom is 0.258 e. The molecular weight excluding hydrogens is 270 g/mol. The quantitative estimate of drug-likeness (QED) is 0.848. The number of methoxy groups -OCH3 is 1. The van der Waals surface area contributed by atoms with E-state index in [1.807, 2.05) is 0 Å². The van der Waals surface area contributed by atoms with Crippen molar-refractivity contribution in [2.75, 3.05) is 13.7 Å². The number of carbonyl (C=O) groups is 2. The molecule has 0 aromatic heterocycles. The van der Waals surface area contributed by atoms with Crippen LogP contribution in [0.5, 0.6) is 0 Å². The van der Waals surface area contributed by atoms with Gasteiger partial charge in [0.2, 0.25) is 5.78 Å². The molecule has 3 rings (SSSR count). The van der Waals surface area contributed by atoms with E-state index >= 15 is 0 Å². The Balaban J connectivity index is 1.81. The van der Waals surface area contributed by atoms with Crippen LogP contribution >= 0.6 is 0 Å². The molecular formula is C15H17N3O3. The van der Waals surface area contributed by atoms with Crippen LogP contribution in [0.4, 0.5) is 5.69 Å². The van der Waals surface area contributed by atoms with Gasteiger partial charge in [-0.25, -0.2) is 4.99 Å². The Labute approximate surface area is 122 Å². The Morgan fingerprint density at radius 1 is 1.48 bits per heavy atom. The van der Waals surface area contributed by atoms with E-state index in [0.717, 1.165) is 24.9 Å². The van der Waals surface area contributed by atoms with E-state index in [1.165, 1.54) is 7.11 Å². The smallest absolute Gasteiger partial charge is 0.258 e. The molecule has 0 saturated carbocycles. The highest BCUT2D eigenvalue weighted by Crippen LogP contribution is 2.26. The first-order valence-electron chi connectivity index (χ1n) is 7.00. The second-order valence-corrected chi connectivity index (χ2v) is 5.19. The van der Waals surface area contributed by atoms with E-state index in [9.17, 15) is 9.59 Å². The molecule has 2 heterocycles. The van der Waals surface area contributed by atoms with E-state index < -0.39 is 0 Å². The Bertz CT molecular complexity index is 619. The topological polar surface area (TPSA) is 79.8 Å². The molecule has 0 aliphatic carbocycles. The summed E-state index contributed by atoms with van der Waals surface area (Å²) in [6.07, 6.45) is 2.30. The Hall–Kier alpha value is -2.21. The van der Waals surface area contributed by atoms with Crippen LogP contribution in [-0.4, -0.2) is 37.4 Å². The number of nitrogens with one attached hydrogen (secondary N) is 2. The van der Waals surface area contributed by atoms with Gasteiger partial charge < -0.3 is 10.1 Å². The normalized spacial score (nSPS) is 20.7. The molecule has 6 heteroatoms. The first-order chi connectivity index (χ1) is 10.2. The molecule has 1 saturated heterocycles. The summed E-state index contributed by atoms with van der Waals surface area (Å²) >= 11 is 0. The van der Waals surface area contributed by atoms with Gasteiger partial charge in [0, 0.05) is 12.0 Å². The molecule has 1 unspecified atom stereocenters. The second kappa shape index (κ2) is 5.65. The maximum absolute atomic E-state index is 12.2. The lowest BCUT2D eigenvalue weighted by Gasteiger charge is -2.16. The molecule has 1 atom stereocenters. The van der Waals surface area contributed by atoms with Gasteiger partial charge in [-0.3, -0.25) is 14.9 Å². The predicted octanol–water partition coefficient (Wildman–Crippen LogP) is 0.927. The lowest BCUT2D eigenvalue weighted by molar-refractivity contribution is -0.113. The molecule has 2 aliphatic heterocycles. The number of ketones is 1. The molecule has 1 aromatic carbocycles. The second-order valence-electron chi connectivity index (χ2n) is 5.19. The van der Waals surface area contributed by atoms with Crippen molar-refractivity contribution in [2.45, 2.75) is 25.4 Å². The number of carbonyl (C=O) groups excluding carboxylic acids is 2. The molecule has 6 nitrogen and oxygen atoms in total. The fourth-order valence-electron chi connectivity index (χ4n) is 2.59. The zero-order valence-corrected chi connectivity index (χ0v) is 11.8. The van der Waals surface area contributed by atoms with Crippen LogP contribution in [0, 0.1) is 0 Å². The zero-order valence-electron chi connectivity index (χ0n) is 11.8. The minimum atomic E-state index is -0.141. The van der Waals surface area contributed by atoms with Gasteiger partial charge in [-0.15, -0.1) is 0 Å². The summed E-state index contributed by atoms with van der Waals surface area (Å²) in [7, 11) is 1.42. The number of amides is 1. The third-order valence-corrected chi connectivity index (χ3v) is 3.72. The van der Waals surface area contributed by atoms with Gasteiger partial charge in [0.1, 0.15) is 0 Å². The van der Waals surface area contributed by atoms with Gasteiger partial charge in [-0.1, -0.05) is 6.07 Å². The van der Waals surface area contributed by atoms with E-state index in [-0.39, 0.29) is 30.2 Å². The SMILES string of the molecule is COC1=Nc2cc(C(=O)NC3CCCN3)ccc2CC1=O. The zero-order chi connectivity index (χ0) is 14.8. The highest BCUT2D eigenvalue weighted by Gasteiger charge is 2.23. The van der Waals surface area contributed by atoms with Crippen molar-refractivity contribution in [1.29, 1.82) is 0 Å². The number of ether oxygens (including phenoxy) is 1. The predicted molar refractivity (Wildman–Crippen MR) is 77.7 cm³/mol. The number of aliphatic imine (C=N–C) groups is 1. The summed E-state index contributed by atoms with van der Waals surface area (Å²) < 4.78 is 4.96. The van der Waals surface area contributed by atoms with Crippen LogP contribution in [0.2, 0.25) is 0 Å². The molecule has 110 valence electrons. The van der Waals surface area contributed by atoms with Crippen LogP contribution in [0.15, 0.2) is 23.2 Å². The van der Waals surface area contributed by atoms with Crippen LogP contribution in [-0.2, 0) is 16.0 Å². The van der Waals surface area contributed by atoms with Gasteiger partial charge in [-0.05, 0) is 37.1 Å². The van der Waals surface area contributed by atoms with Crippen LogP contribution in [0.25, 0.3) is 0 Å². The number of benzene rings is 1. The van der Waals surface area contributed by atoms with Crippen molar-refractivity contribution >= 4 is 23.3 Å². The van der Waals surface area contributed by atoms with Crippen molar-refractivity contribution in [2.24, 2.45) is 4.99 Å². The number of nitrogens with zero attached hydrogens (tertiary/aromatic N) is 1. The van der Waals surface area contributed by atoms with E-state index in [4.69, 9.17) is 4.74 Å². The average Bonchev–Trinajstić information content (AvgIpc) is 2.99. The fourth-order valence-corrected chi connectivity index (χ4v) is 2.59. The largest absolute Gasteiger partial charge is 0.478 e. The van der Waals surface area contributed by atoms with E-state index in [1.54, 1.807) is 18.2 Å². The first-order valence-corrected chi connectivity index (χ1v) is 7.00. The van der Waals surface area contributed by atoms with Crippen molar-refractivity contribution in [3.8, 4) is 0 Å². The highest BCUT2D eigenvalue weighted by atomic mass is 16.5. The number of hydrogen-bond donors (Lipinski definition) is 2. The number of Topliss-reactive ketones (excluding diaryl/α,β-unsaturated/α-hetero) is 1. The third kappa shape index (κ3) is 2.80. The first kappa shape index (κ1) is 13.8. The number of fused-ring (bicyclic) bond motifs is 1. The third-order valence-electron chi connectivity index (χ3n) is 3.72. The Kier molecular flexibility index (Phi) is 3.70. The van der Waals surface area contributed by atoms with Crippen molar-refractivity contribution < 1.29 is 14.3 Å². The minimum Gasteiger partial charge on any atom is -0.478 e. The summed E-state index contributed by atoms with van der Waals surface area (Å²) in [4.78, 5) is 28.1. The molecule has 2 N–H and O–H groups in total. The van der Waals surface area contributed by atoms with E-state index in [0.29, 0.717) is 11.3 Å². The van der Waals surface area contributed by atoms with Gasteiger partial charge in [0.05, 0.1) is 19.0 Å². The van der Waals surface area contributed by atoms with Gasteiger partial charge in [-0.2, -0.15) is 0 Å². The van der Waals surface area contributed by atoms with Crippen LogP contribution in [0.3, 0.4) is 0 Å². The number of rotatable bonds is 2. The molecule has 1 amide bonds. The Morgan fingerprint density at radius 3 is 3.05 bits per heavy atom. The molecule has 1 fully saturated rings. The average molecular weight is 287 g/mol. The lowest BCUT2D eigenvalue weighted by atomic mass is 10.0. The van der Waals surface area contributed by atoms with Crippen LogP contribution < -0.4 is 10.6 Å². The molecule has 0 spiro atoms. The van der Waals surface area contributed by atoms with Gasteiger partial charge in [0.25, 0.3) is 11.8 Å². The molecule has 21 heavy (non-hydrogen) atoms. The lowest BCUT2D eigenvalue weighted by Crippen LogP contribution is -2.41. The van der Waals surface area contributed by atoms with Gasteiger partial charge in [0.15, 0.2) is 0 Å². The fraction of sp³-hybridized carbons (Fsp3) is 0.400. The van der Waals surface area contributed by atoms with Gasteiger partial charge >= 0.3 is 0 Å². The standard InChI is InChI=1S/C15H17N3O3/c1-21-15-12(19)8-9-4-5-10(7-11(9)17-15)14(20)18-13-3-2-6-16-13/h4-5,7,13,16H,2-3,6,8H2,1H3,(H,18,20).